The van der Waals surface area contributed by atoms with E-state index in [9.17, 15) is 14.4 Å². The van der Waals surface area contributed by atoms with E-state index in [0.29, 0.717) is 21.8 Å². The Morgan fingerprint density at radius 3 is 2.09 bits per heavy atom. The van der Waals surface area contributed by atoms with Crippen LogP contribution in [0.15, 0.2) is 72.8 Å². The van der Waals surface area contributed by atoms with Gasteiger partial charge in [0.05, 0.1) is 10.7 Å². The van der Waals surface area contributed by atoms with Gasteiger partial charge >= 0.3 is 6.09 Å². The molecule has 0 radical (unpaired) electrons. The Kier molecular flexibility index (Phi) is 10.7. The number of rotatable bonds is 8. The van der Waals surface area contributed by atoms with E-state index >= 15 is 0 Å². The first-order valence-corrected chi connectivity index (χ1v) is 14.5. The van der Waals surface area contributed by atoms with Crippen LogP contribution in [0.4, 0.5) is 10.5 Å². The van der Waals surface area contributed by atoms with Crippen LogP contribution in [0.3, 0.4) is 0 Å². The zero-order chi connectivity index (χ0) is 31.9. The molecule has 0 fully saturated rings. The van der Waals surface area contributed by atoms with Gasteiger partial charge in [-0.3, -0.25) is 9.59 Å². The Labute approximate surface area is 260 Å². The number of carbonyl (C=O) groups is 3. The SMILES string of the molecule is C#Cc1ccc(C(C(=O)Nc2c(C)cccc2Cl)N(C(=O)C(Cc2ccccc2)NC(=O)OC(C)(C)C)C(C)(C)C)cc1. The molecule has 0 aliphatic rings. The summed E-state index contributed by atoms with van der Waals surface area (Å²) in [5, 5.41) is 6.10. The van der Waals surface area contributed by atoms with Crippen LogP contribution in [0.1, 0.15) is 69.8 Å². The van der Waals surface area contributed by atoms with Gasteiger partial charge in [-0.15, -0.1) is 6.42 Å². The van der Waals surface area contributed by atoms with Crippen LogP contribution in [0.25, 0.3) is 0 Å². The third kappa shape index (κ3) is 9.10. The van der Waals surface area contributed by atoms with Crippen LogP contribution < -0.4 is 10.6 Å². The summed E-state index contributed by atoms with van der Waals surface area (Å²) in [5.74, 6) is 1.66. The first-order chi connectivity index (χ1) is 20.1. The molecular weight excluding hydrogens is 562 g/mol. The fraction of sp³-hybridized carbons (Fsp3) is 0.343. The predicted octanol–water partition coefficient (Wildman–Crippen LogP) is 7.07. The van der Waals surface area contributed by atoms with Crippen molar-refractivity contribution in [2.45, 2.75) is 78.1 Å². The summed E-state index contributed by atoms with van der Waals surface area (Å²) in [6.45, 7) is 12.6. The number of hydrogen-bond acceptors (Lipinski definition) is 4. The first kappa shape index (κ1) is 33.2. The van der Waals surface area contributed by atoms with Crippen LogP contribution in [0.2, 0.25) is 5.02 Å². The summed E-state index contributed by atoms with van der Waals surface area (Å²) in [5.41, 5.74) is 1.58. The van der Waals surface area contributed by atoms with Crippen molar-refractivity contribution in [3.63, 3.8) is 0 Å². The van der Waals surface area contributed by atoms with E-state index in [1.54, 1.807) is 57.2 Å². The van der Waals surface area contributed by atoms with Crippen molar-refractivity contribution < 1.29 is 19.1 Å². The number of nitrogens with zero attached hydrogens (tertiary/aromatic N) is 1. The quantitative estimate of drug-likeness (QED) is 0.270. The van der Waals surface area contributed by atoms with E-state index in [1.165, 1.54) is 4.90 Å². The molecule has 0 aromatic heterocycles. The van der Waals surface area contributed by atoms with Crippen LogP contribution in [0.5, 0.6) is 0 Å². The largest absolute Gasteiger partial charge is 0.444 e. The Morgan fingerprint density at radius 1 is 0.930 bits per heavy atom. The van der Waals surface area contributed by atoms with Crippen molar-refractivity contribution in [1.29, 1.82) is 0 Å². The number of ether oxygens (including phenoxy) is 1. The van der Waals surface area contributed by atoms with Crippen LogP contribution >= 0.6 is 11.6 Å². The van der Waals surface area contributed by atoms with E-state index in [1.807, 2.05) is 64.1 Å². The standard InChI is InChI=1S/C35H40ClN3O4/c1-9-24-18-20-26(21-19-24)30(31(40)38-29-23(2)14-13-17-27(29)36)39(34(3,4)5)32(41)28(22-25-15-11-10-12-16-25)37-33(42)43-35(6,7)8/h1,10-21,28,30H,22H2,2-8H3,(H,37,42)(H,38,40). The van der Waals surface area contributed by atoms with Gasteiger partial charge in [-0.25, -0.2) is 4.79 Å². The van der Waals surface area contributed by atoms with E-state index in [2.05, 4.69) is 16.6 Å². The average molecular weight is 602 g/mol. The number of amides is 3. The second-order valence-corrected chi connectivity index (χ2v) is 12.8. The molecule has 0 saturated heterocycles. The lowest BCUT2D eigenvalue weighted by molar-refractivity contribution is -0.146. The number of terminal acetylenes is 1. The molecule has 0 saturated carbocycles. The van der Waals surface area contributed by atoms with E-state index in [0.717, 1.165) is 11.1 Å². The molecule has 2 unspecified atom stereocenters. The molecule has 2 N–H and O–H groups in total. The van der Waals surface area contributed by atoms with Gasteiger partial charge in [0.25, 0.3) is 5.91 Å². The Balaban J connectivity index is 2.14. The Morgan fingerprint density at radius 2 is 1.56 bits per heavy atom. The van der Waals surface area contributed by atoms with Gasteiger partial charge in [0.2, 0.25) is 5.91 Å². The lowest BCUT2D eigenvalue weighted by atomic mass is 9.93. The van der Waals surface area contributed by atoms with Gasteiger partial charge in [-0.05, 0) is 83.4 Å². The van der Waals surface area contributed by atoms with Crippen molar-refractivity contribution in [2.75, 3.05) is 5.32 Å². The highest BCUT2D eigenvalue weighted by atomic mass is 35.5. The normalized spacial score (nSPS) is 12.8. The molecule has 3 aromatic carbocycles. The summed E-state index contributed by atoms with van der Waals surface area (Å²) in [6.07, 6.45) is 5.04. The molecule has 8 heteroatoms. The number of benzene rings is 3. The molecule has 0 aliphatic heterocycles. The summed E-state index contributed by atoms with van der Waals surface area (Å²) in [6, 6.07) is 19.4. The third-order valence-electron chi connectivity index (χ3n) is 6.60. The molecule has 7 nitrogen and oxygen atoms in total. The highest BCUT2D eigenvalue weighted by molar-refractivity contribution is 6.34. The van der Waals surface area contributed by atoms with E-state index in [4.69, 9.17) is 22.8 Å². The van der Waals surface area contributed by atoms with Crippen molar-refractivity contribution in [2.24, 2.45) is 0 Å². The molecule has 3 rings (SSSR count). The summed E-state index contributed by atoms with van der Waals surface area (Å²) >= 11 is 6.47. The van der Waals surface area contributed by atoms with Gasteiger partial charge in [0, 0.05) is 17.5 Å². The molecule has 0 heterocycles. The molecule has 0 aliphatic carbocycles. The predicted molar refractivity (Wildman–Crippen MR) is 172 cm³/mol. The number of para-hydroxylation sites is 1. The topological polar surface area (TPSA) is 87.7 Å². The molecule has 0 spiro atoms. The lowest BCUT2D eigenvalue weighted by Crippen LogP contribution is -2.58. The molecule has 3 aromatic rings. The van der Waals surface area contributed by atoms with Crippen molar-refractivity contribution in [3.05, 3.63) is 100 Å². The monoisotopic (exact) mass is 601 g/mol. The average Bonchev–Trinajstić information content (AvgIpc) is 2.92. The maximum absolute atomic E-state index is 14.6. The number of alkyl carbamates (subject to hydrolysis) is 1. The van der Waals surface area contributed by atoms with Gasteiger partial charge < -0.3 is 20.3 Å². The summed E-state index contributed by atoms with van der Waals surface area (Å²) in [7, 11) is 0. The minimum absolute atomic E-state index is 0.180. The minimum atomic E-state index is -1.10. The molecule has 2 atom stereocenters. The highest BCUT2D eigenvalue weighted by Gasteiger charge is 2.42. The maximum Gasteiger partial charge on any atom is 0.408 e. The molecule has 226 valence electrons. The zero-order valence-corrected chi connectivity index (χ0v) is 26.6. The molecular formula is C35H40ClN3O4. The van der Waals surface area contributed by atoms with Crippen LogP contribution in [-0.4, -0.2) is 40.0 Å². The third-order valence-corrected chi connectivity index (χ3v) is 6.92. The van der Waals surface area contributed by atoms with Gasteiger partial charge in [-0.2, -0.15) is 0 Å². The van der Waals surface area contributed by atoms with Gasteiger partial charge in [-0.1, -0.05) is 72.1 Å². The summed E-state index contributed by atoms with van der Waals surface area (Å²) in [4.78, 5) is 43.4. The fourth-order valence-electron chi connectivity index (χ4n) is 4.67. The van der Waals surface area contributed by atoms with Crippen LogP contribution in [0, 0.1) is 19.3 Å². The second kappa shape index (κ2) is 13.8. The minimum Gasteiger partial charge on any atom is -0.444 e. The number of halogens is 1. The maximum atomic E-state index is 14.6. The van der Waals surface area contributed by atoms with Gasteiger partial charge in [0.1, 0.15) is 17.7 Å². The van der Waals surface area contributed by atoms with E-state index < -0.39 is 41.1 Å². The molecule has 3 amide bonds. The Bertz CT molecular complexity index is 1460. The number of nitrogens with one attached hydrogen (secondary N) is 2. The van der Waals surface area contributed by atoms with Crippen molar-refractivity contribution in [3.8, 4) is 12.3 Å². The van der Waals surface area contributed by atoms with Crippen molar-refractivity contribution >= 4 is 35.2 Å². The number of anilines is 1. The highest BCUT2D eigenvalue weighted by Crippen LogP contribution is 2.33. The van der Waals surface area contributed by atoms with Crippen LogP contribution in [-0.2, 0) is 20.7 Å². The molecule has 43 heavy (non-hydrogen) atoms. The molecule has 0 bridgehead atoms. The fourth-order valence-corrected chi connectivity index (χ4v) is 4.94. The number of carbonyl (C=O) groups excluding carboxylic acids is 3. The van der Waals surface area contributed by atoms with Crippen molar-refractivity contribution in [1.82, 2.24) is 10.2 Å². The number of aryl methyl sites for hydroxylation is 1. The summed E-state index contributed by atoms with van der Waals surface area (Å²) < 4.78 is 5.51. The first-order valence-electron chi connectivity index (χ1n) is 14.1. The Hall–Kier alpha value is -4.28. The smallest absolute Gasteiger partial charge is 0.408 e. The van der Waals surface area contributed by atoms with E-state index in [-0.39, 0.29) is 6.42 Å². The lowest BCUT2D eigenvalue weighted by Gasteiger charge is -2.43. The zero-order valence-electron chi connectivity index (χ0n) is 25.8. The van der Waals surface area contributed by atoms with Gasteiger partial charge in [0.15, 0.2) is 0 Å². The second-order valence-electron chi connectivity index (χ2n) is 12.4. The number of hydrogen-bond donors (Lipinski definition) is 2.